The summed E-state index contributed by atoms with van der Waals surface area (Å²) in [6.45, 7) is 9.20. The Hall–Kier alpha value is -1.59. The van der Waals surface area contributed by atoms with E-state index < -0.39 is 40.6 Å². The van der Waals surface area contributed by atoms with Gasteiger partial charge in [-0.25, -0.2) is 4.79 Å². The summed E-state index contributed by atoms with van der Waals surface area (Å²) in [6, 6.07) is 0. The van der Waals surface area contributed by atoms with Gasteiger partial charge in [-0.2, -0.15) is 0 Å². The fourth-order valence-electron chi connectivity index (χ4n) is 3.83. The van der Waals surface area contributed by atoms with E-state index in [1.54, 1.807) is 13.8 Å². The first-order valence-corrected chi connectivity index (χ1v) is 10.6. The minimum atomic E-state index is -1.27. The van der Waals surface area contributed by atoms with Gasteiger partial charge in [-0.1, -0.05) is 6.92 Å². The average molecular weight is 397 g/mol. The van der Waals surface area contributed by atoms with Crippen molar-refractivity contribution in [2.45, 2.75) is 116 Å². The molecule has 0 spiro atoms. The molecule has 0 saturated heterocycles. The molecule has 28 heavy (non-hydrogen) atoms. The molecule has 2 rings (SSSR count). The highest BCUT2D eigenvalue weighted by atomic mass is 16.6. The first-order chi connectivity index (χ1) is 13.0. The Labute approximate surface area is 168 Å². The zero-order valence-corrected chi connectivity index (χ0v) is 18.1. The lowest BCUT2D eigenvalue weighted by Gasteiger charge is -2.29. The van der Waals surface area contributed by atoms with Crippen LogP contribution in [0.25, 0.3) is 0 Å². The molecule has 0 aliphatic heterocycles. The van der Waals surface area contributed by atoms with Crippen LogP contribution in [0.5, 0.6) is 0 Å². The van der Waals surface area contributed by atoms with Gasteiger partial charge in [0.2, 0.25) is 6.10 Å². The molecule has 6 heteroatoms. The molecule has 2 fully saturated rings. The van der Waals surface area contributed by atoms with Gasteiger partial charge < -0.3 is 14.2 Å². The summed E-state index contributed by atoms with van der Waals surface area (Å²) in [4.78, 5) is 37.9. The summed E-state index contributed by atoms with van der Waals surface area (Å²) in [5.41, 5.74) is -1.78. The van der Waals surface area contributed by atoms with E-state index in [4.69, 9.17) is 14.2 Å². The molecule has 0 aromatic rings. The van der Waals surface area contributed by atoms with Gasteiger partial charge in [0.15, 0.2) is 0 Å². The molecule has 2 aliphatic carbocycles. The zero-order chi connectivity index (χ0) is 21.0. The van der Waals surface area contributed by atoms with E-state index in [1.807, 2.05) is 20.8 Å². The largest absolute Gasteiger partial charge is 0.459 e. The third kappa shape index (κ3) is 5.95. The van der Waals surface area contributed by atoms with Crippen LogP contribution in [0.4, 0.5) is 0 Å². The van der Waals surface area contributed by atoms with Gasteiger partial charge in [-0.15, -0.1) is 0 Å². The van der Waals surface area contributed by atoms with Crippen LogP contribution in [-0.2, 0) is 28.6 Å². The van der Waals surface area contributed by atoms with Gasteiger partial charge in [-0.05, 0) is 85.5 Å². The maximum atomic E-state index is 12.8. The summed E-state index contributed by atoms with van der Waals surface area (Å²) in [5, 5.41) is 0. The maximum absolute atomic E-state index is 12.8. The maximum Gasteiger partial charge on any atom is 0.348 e. The molecule has 6 nitrogen and oxygen atoms in total. The summed E-state index contributed by atoms with van der Waals surface area (Å²) in [7, 11) is 0. The lowest BCUT2D eigenvalue weighted by Crippen LogP contribution is -2.41. The van der Waals surface area contributed by atoms with Crippen LogP contribution in [0.3, 0.4) is 0 Å². The van der Waals surface area contributed by atoms with E-state index in [9.17, 15) is 14.4 Å². The number of hydrogen-bond donors (Lipinski definition) is 0. The predicted molar refractivity (Wildman–Crippen MR) is 104 cm³/mol. The second-order valence-electron chi connectivity index (χ2n) is 9.54. The van der Waals surface area contributed by atoms with E-state index in [0.717, 1.165) is 51.4 Å². The van der Waals surface area contributed by atoms with E-state index in [-0.39, 0.29) is 6.42 Å². The summed E-state index contributed by atoms with van der Waals surface area (Å²) in [5.74, 6) is -1.68. The van der Waals surface area contributed by atoms with Crippen molar-refractivity contribution in [1.82, 2.24) is 0 Å². The van der Waals surface area contributed by atoms with Crippen LogP contribution >= 0.6 is 0 Å². The summed E-state index contributed by atoms with van der Waals surface area (Å²) in [6.07, 6.45) is 6.21. The fourth-order valence-corrected chi connectivity index (χ4v) is 3.83. The number of carbonyl (C=O) groups excluding carboxylic acids is 3. The molecule has 0 bridgehead atoms. The molecule has 0 amide bonds. The monoisotopic (exact) mass is 396 g/mol. The molecule has 0 aromatic heterocycles. The van der Waals surface area contributed by atoms with Gasteiger partial charge in [-0.3, -0.25) is 9.59 Å². The van der Waals surface area contributed by atoms with Gasteiger partial charge in [0.05, 0.1) is 11.8 Å². The Morgan fingerprint density at radius 3 is 1.82 bits per heavy atom. The quantitative estimate of drug-likeness (QED) is 0.445. The highest BCUT2D eigenvalue weighted by Crippen LogP contribution is 2.35. The molecule has 2 saturated carbocycles. The van der Waals surface area contributed by atoms with E-state index in [1.165, 1.54) is 0 Å². The second kappa shape index (κ2) is 8.83. The molecule has 0 heterocycles. The number of hydrogen-bond acceptors (Lipinski definition) is 6. The number of esters is 3. The number of carbonyl (C=O) groups is 3. The Morgan fingerprint density at radius 2 is 1.36 bits per heavy atom. The zero-order valence-electron chi connectivity index (χ0n) is 18.1. The molecule has 2 aliphatic rings. The van der Waals surface area contributed by atoms with Crippen molar-refractivity contribution in [3.63, 3.8) is 0 Å². The summed E-state index contributed by atoms with van der Waals surface area (Å²) < 4.78 is 16.8. The second-order valence-corrected chi connectivity index (χ2v) is 9.54. The molecule has 1 unspecified atom stereocenters. The van der Waals surface area contributed by atoms with E-state index in [2.05, 4.69) is 0 Å². The number of rotatable bonds is 8. The van der Waals surface area contributed by atoms with Crippen molar-refractivity contribution < 1.29 is 28.6 Å². The third-order valence-electron chi connectivity index (χ3n) is 6.33. The van der Waals surface area contributed by atoms with Crippen molar-refractivity contribution in [3.05, 3.63) is 0 Å². The molecular weight excluding hydrogens is 360 g/mol. The topological polar surface area (TPSA) is 78.9 Å². The fraction of sp³-hybridized carbons (Fsp3) is 0.864. The SMILES string of the molecule is CCC(C)(C)C(=O)OC(CC(=O)OC1(C)CCCC1)C(=O)OC1(C)CCCC1. The smallest absolute Gasteiger partial charge is 0.348 e. The minimum Gasteiger partial charge on any atom is -0.459 e. The van der Waals surface area contributed by atoms with Crippen LogP contribution in [-0.4, -0.2) is 35.2 Å². The highest BCUT2D eigenvalue weighted by Gasteiger charge is 2.40. The lowest BCUT2D eigenvalue weighted by atomic mass is 9.90. The minimum absolute atomic E-state index is 0.309. The van der Waals surface area contributed by atoms with Crippen molar-refractivity contribution in [2.75, 3.05) is 0 Å². The van der Waals surface area contributed by atoms with E-state index >= 15 is 0 Å². The molecular formula is C22H36O6. The van der Waals surface area contributed by atoms with Crippen LogP contribution in [0.2, 0.25) is 0 Å². The molecule has 0 aromatic carbocycles. The molecule has 0 N–H and O–H groups in total. The van der Waals surface area contributed by atoms with Crippen LogP contribution < -0.4 is 0 Å². The third-order valence-corrected chi connectivity index (χ3v) is 6.33. The van der Waals surface area contributed by atoms with Crippen molar-refractivity contribution in [2.24, 2.45) is 5.41 Å². The van der Waals surface area contributed by atoms with Gasteiger partial charge in [0, 0.05) is 0 Å². The van der Waals surface area contributed by atoms with Crippen LogP contribution in [0.1, 0.15) is 98.8 Å². The first-order valence-electron chi connectivity index (χ1n) is 10.6. The number of ether oxygens (including phenoxy) is 3. The lowest BCUT2D eigenvalue weighted by molar-refractivity contribution is -0.186. The Kier molecular flexibility index (Phi) is 7.16. The van der Waals surface area contributed by atoms with Crippen molar-refractivity contribution in [3.8, 4) is 0 Å². The Morgan fingerprint density at radius 1 is 0.893 bits per heavy atom. The van der Waals surface area contributed by atoms with Gasteiger partial charge >= 0.3 is 17.9 Å². The Bertz CT molecular complexity index is 582. The van der Waals surface area contributed by atoms with Crippen LogP contribution in [0.15, 0.2) is 0 Å². The van der Waals surface area contributed by atoms with E-state index in [0.29, 0.717) is 6.42 Å². The van der Waals surface area contributed by atoms with Crippen molar-refractivity contribution >= 4 is 17.9 Å². The van der Waals surface area contributed by atoms with Crippen molar-refractivity contribution in [1.29, 1.82) is 0 Å². The molecule has 1 atom stereocenters. The van der Waals surface area contributed by atoms with Gasteiger partial charge in [0.25, 0.3) is 0 Å². The molecule has 160 valence electrons. The normalized spacial score (nSPS) is 21.8. The molecule has 0 radical (unpaired) electrons. The predicted octanol–water partition coefficient (Wildman–Crippen LogP) is 4.48. The first kappa shape index (κ1) is 22.7. The van der Waals surface area contributed by atoms with Gasteiger partial charge in [0.1, 0.15) is 11.2 Å². The highest BCUT2D eigenvalue weighted by molar-refractivity contribution is 5.86. The standard InChI is InChI=1S/C22H36O6/c1-6-20(2,3)19(25)26-16(18(24)28-22(5)13-9-10-14-22)15-17(23)27-21(4)11-7-8-12-21/h16H,6-15H2,1-5H3. The Balaban J connectivity index is 2.07. The summed E-state index contributed by atoms with van der Waals surface area (Å²) >= 11 is 0. The average Bonchev–Trinajstić information content (AvgIpc) is 3.22. The van der Waals surface area contributed by atoms with Crippen LogP contribution in [0, 0.1) is 5.41 Å².